The quantitative estimate of drug-likeness (QED) is 0.350. The molecule has 8 heteroatoms. The van der Waals surface area contributed by atoms with Gasteiger partial charge in [-0.3, -0.25) is 9.36 Å². The number of rotatable bonds is 4. The molecule has 0 aliphatic carbocycles. The molecule has 0 bridgehead atoms. The van der Waals surface area contributed by atoms with Crippen LogP contribution in [0.1, 0.15) is 11.3 Å². The molecule has 3 nitrogen and oxygen atoms in total. The first kappa shape index (κ1) is 19.2. The van der Waals surface area contributed by atoms with Crippen molar-refractivity contribution in [3.8, 4) is 5.69 Å². The number of hydrogen-bond donors (Lipinski definition) is 0. The van der Waals surface area contributed by atoms with Gasteiger partial charge in [0.25, 0.3) is 5.56 Å². The molecule has 2 aromatic carbocycles. The zero-order valence-electron chi connectivity index (χ0n) is 13.9. The van der Waals surface area contributed by atoms with Crippen LogP contribution in [0.4, 0.5) is 0 Å². The molecule has 2 heterocycles. The average Bonchev–Trinajstić information content (AvgIpc) is 3.13. The number of fused-ring (bicyclic) bond motifs is 1. The van der Waals surface area contributed by atoms with Crippen molar-refractivity contribution in [2.45, 2.75) is 22.2 Å². The molecule has 0 radical (unpaired) electrons. The van der Waals surface area contributed by atoms with Gasteiger partial charge < -0.3 is 0 Å². The van der Waals surface area contributed by atoms with E-state index in [1.54, 1.807) is 34.5 Å². The molecule has 0 N–H and O–H groups in total. The maximum atomic E-state index is 13.1. The second-order valence-corrected chi connectivity index (χ2v) is 9.22. The maximum absolute atomic E-state index is 13.1. The summed E-state index contributed by atoms with van der Waals surface area (Å²) in [4.78, 5) is 18.6. The molecule has 0 fully saturated rings. The molecule has 0 unspecified atom stereocenters. The van der Waals surface area contributed by atoms with Gasteiger partial charge in [-0.25, -0.2) is 4.98 Å². The lowest BCUT2D eigenvalue weighted by atomic mass is 10.2. The fourth-order valence-electron chi connectivity index (χ4n) is 2.78. The Morgan fingerprint density at radius 2 is 1.85 bits per heavy atom. The van der Waals surface area contributed by atoms with Gasteiger partial charge in [0.1, 0.15) is 0 Å². The lowest BCUT2D eigenvalue weighted by molar-refractivity contribution is 0.739. The second-order valence-electron chi connectivity index (χ2n) is 5.92. The highest BCUT2D eigenvalue weighted by atomic mass is 35.5. The Labute approximate surface area is 180 Å². The number of hydrogen-bond acceptors (Lipinski definition) is 4. The van der Waals surface area contributed by atoms with E-state index in [-0.39, 0.29) is 5.56 Å². The smallest absolute Gasteiger partial charge is 0.268 e. The van der Waals surface area contributed by atoms with E-state index in [0.29, 0.717) is 26.0 Å². The second kappa shape index (κ2) is 8.10. The number of halogens is 3. The summed E-state index contributed by atoms with van der Waals surface area (Å²) in [5, 5.41) is 2.33. The molecule has 1 aliphatic heterocycles. The number of nitrogens with zero attached hydrogens (tertiary/aromatic N) is 2. The lowest BCUT2D eigenvalue weighted by Gasteiger charge is -2.14. The summed E-state index contributed by atoms with van der Waals surface area (Å²) in [6.45, 7) is 0. The van der Waals surface area contributed by atoms with Crippen LogP contribution in [0.15, 0.2) is 57.3 Å². The molecule has 0 amide bonds. The minimum absolute atomic E-state index is 0.0264. The van der Waals surface area contributed by atoms with E-state index in [0.717, 1.165) is 34.0 Å². The van der Waals surface area contributed by atoms with Gasteiger partial charge in [0.2, 0.25) is 0 Å². The Morgan fingerprint density at radius 3 is 2.59 bits per heavy atom. The van der Waals surface area contributed by atoms with Gasteiger partial charge in [-0.2, -0.15) is 0 Å². The zero-order chi connectivity index (χ0) is 19.0. The molecule has 138 valence electrons. The van der Waals surface area contributed by atoms with Crippen molar-refractivity contribution in [2.24, 2.45) is 0 Å². The van der Waals surface area contributed by atoms with Crippen LogP contribution in [0.3, 0.4) is 0 Å². The molecule has 0 saturated heterocycles. The van der Waals surface area contributed by atoms with Crippen LogP contribution in [0, 0.1) is 0 Å². The SMILES string of the molecule is O=c1c2c(nc(SCc3ccc(Cl)c(Cl)c3)n1-c1ccc(Cl)cc1)CCS2. The minimum Gasteiger partial charge on any atom is -0.268 e. The van der Waals surface area contributed by atoms with E-state index in [1.165, 1.54) is 11.8 Å². The fourth-order valence-corrected chi connectivity index (χ4v) is 5.23. The molecule has 0 saturated carbocycles. The number of aryl methyl sites for hydroxylation is 1. The standard InChI is InChI=1S/C19H13Cl3N2OS2/c20-12-2-4-13(5-3-12)24-18(25)17-16(7-8-26-17)23-19(24)27-10-11-1-6-14(21)15(22)9-11/h1-6,9H,7-8,10H2. The molecule has 4 rings (SSSR count). The molecular weight excluding hydrogens is 443 g/mol. The fraction of sp³-hybridized carbons (Fsp3) is 0.158. The van der Waals surface area contributed by atoms with Crippen molar-refractivity contribution in [2.75, 3.05) is 5.75 Å². The summed E-state index contributed by atoms with van der Waals surface area (Å²) < 4.78 is 1.66. The Morgan fingerprint density at radius 1 is 1.07 bits per heavy atom. The monoisotopic (exact) mass is 454 g/mol. The van der Waals surface area contributed by atoms with Crippen molar-refractivity contribution < 1.29 is 0 Å². The highest BCUT2D eigenvalue weighted by Gasteiger charge is 2.22. The van der Waals surface area contributed by atoms with E-state index >= 15 is 0 Å². The molecule has 1 aliphatic rings. The average molecular weight is 456 g/mol. The van der Waals surface area contributed by atoms with Crippen molar-refractivity contribution in [1.29, 1.82) is 0 Å². The van der Waals surface area contributed by atoms with Gasteiger partial charge in [-0.15, -0.1) is 11.8 Å². The highest BCUT2D eigenvalue weighted by Crippen LogP contribution is 2.32. The Kier molecular flexibility index (Phi) is 5.76. The highest BCUT2D eigenvalue weighted by molar-refractivity contribution is 7.99. The van der Waals surface area contributed by atoms with Crippen molar-refractivity contribution in [1.82, 2.24) is 9.55 Å². The van der Waals surface area contributed by atoms with Gasteiger partial charge in [0.05, 0.1) is 26.3 Å². The first-order valence-electron chi connectivity index (χ1n) is 8.14. The van der Waals surface area contributed by atoms with Gasteiger partial charge in [0, 0.05) is 22.9 Å². The van der Waals surface area contributed by atoms with Crippen LogP contribution < -0.4 is 5.56 Å². The van der Waals surface area contributed by atoms with E-state index in [4.69, 9.17) is 39.8 Å². The van der Waals surface area contributed by atoms with Crippen LogP contribution in [0.25, 0.3) is 5.69 Å². The van der Waals surface area contributed by atoms with E-state index in [2.05, 4.69) is 0 Å². The third kappa shape index (κ3) is 4.03. The van der Waals surface area contributed by atoms with E-state index in [9.17, 15) is 4.79 Å². The van der Waals surface area contributed by atoms with Crippen LogP contribution in [-0.2, 0) is 12.2 Å². The van der Waals surface area contributed by atoms with Crippen LogP contribution >= 0.6 is 58.3 Å². The normalized spacial score (nSPS) is 13.0. The Bertz CT molecular complexity index is 1070. The zero-order valence-corrected chi connectivity index (χ0v) is 17.8. The van der Waals surface area contributed by atoms with Gasteiger partial charge in [-0.05, 0) is 42.0 Å². The molecule has 0 spiro atoms. The number of benzene rings is 2. The topological polar surface area (TPSA) is 34.9 Å². The van der Waals surface area contributed by atoms with Gasteiger partial charge in [0.15, 0.2) is 5.16 Å². The molecule has 3 aromatic rings. The van der Waals surface area contributed by atoms with Crippen molar-refractivity contribution >= 4 is 58.3 Å². The first-order chi connectivity index (χ1) is 13.0. The molecule has 1 aromatic heterocycles. The van der Waals surface area contributed by atoms with Crippen LogP contribution in [0.5, 0.6) is 0 Å². The Hall–Kier alpha value is -1.11. The van der Waals surface area contributed by atoms with Gasteiger partial charge in [-0.1, -0.05) is 52.6 Å². The third-order valence-electron chi connectivity index (χ3n) is 4.10. The lowest BCUT2D eigenvalue weighted by Crippen LogP contribution is -2.23. The van der Waals surface area contributed by atoms with Crippen molar-refractivity contribution in [3.63, 3.8) is 0 Å². The maximum Gasteiger partial charge on any atom is 0.272 e. The van der Waals surface area contributed by atoms with Crippen LogP contribution in [-0.4, -0.2) is 15.3 Å². The van der Waals surface area contributed by atoms with E-state index < -0.39 is 0 Å². The minimum atomic E-state index is -0.0264. The molecule has 27 heavy (non-hydrogen) atoms. The predicted molar refractivity (Wildman–Crippen MR) is 115 cm³/mol. The predicted octanol–water partition coefficient (Wildman–Crippen LogP) is 6.13. The summed E-state index contributed by atoms with van der Waals surface area (Å²) in [6.07, 6.45) is 0.816. The summed E-state index contributed by atoms with van der Waals surface area (Å²) >= 11 is 21.2. The third-order valence-corrected chi connectivity index (χ3v) is 7.21. The largest absolute Gasteiger partial charge is 0.272 e. The first-order valence-corrected chi connectivity index (χ1v) is 11.2. The molecule has 0 atom stereocenters. The van der Waals surface area contributed by atoms with E-state index in [1.807, 2.05) is 24.3 Å². The summed E-state index contributed by atoms with van der Waals surface area (Å²) in [5.41, 5.74) is 2.62. The summed E-state index contributed by atoms with van der Waals surface area (Å²) in [6, 6.07) is 12.8. The summed E-state index contributed by atoms with van der Waals surface area (Å²) in [5.74, 6) is 1.52. The molecular formula is C19H13Cl3N2OS2. The van der Waals surface area contributed by atoms with Gasteiger partial charge >= 0.3 is 0 Å². The van der Waals surface area contributed by atoms with Crippen molar-refractivity contribution in [3.05, 3.63) is 79.1 Å². The van der Waals surface area contributed by atoms with Crippen LogP contribution in [0.2, 0.25) is 15.1 Å². The Balaban J connectivity index is 1.74. The number of thioether (sulfide) groups is 2. The number of aromatic nitrogens is 2. The summed E-state index contributed by atoms with van der Waals surface area (Å²) in [7, 11) is 0.